The average molecular weight is 262 g/mol. The first-order valence-corrected chi connectivity index (χ1v) is 7.31. The third-order valence-corrected chi connectivity index (χ3v) is 3.83. The molecule has 0 spiro atoms. The molecule has 0 bridgehead atoms. The number of rotatable bonds is 4. The van der Waals surface area contributed by atoms with E-state index in [0.29, 0.717) is 6.04 Å². The highest BCUT2D eigenvalue weighted by atomic mass is 16.5. The van der Waals surface area contributed by atoms with Gasteiger partial charge in [0, 0.05) is 18.3 Å². The number of benzene rings is 1. The number of nitrogens with zero attached hydrogens (tertiary/aromatic N) is 1. The van der Waals surface area contributed by atoms with Crippen LogP contribution < -0.4 is 10.6 Å². The zero-order chi connectivity index (χ0) is 13.8. The number of aryl methyl sites for hydroxylation is 1. The Morgan fingerprint density at radius 3 is 2.89 bits per heavy atom. The molecule has 2 rings (SSSR count). The van der Waals surface area contributed by atoms with Crippen LogP contribution in [-0.4, -0.2) is 31.8 Å². The molecule has 1 aliphatic rings. The fourth-order valence-corrected chi connectivity index (χ4v) is 2.85. The van der Waals surface area contributed by atoms with Crippen LogP contribution in [0.25, 0.3) is 0 Å². The lowest BCUT2D eigenvalue weighted by Crippen LogP contribution is -2.45. The van der Waals surface area contributed by atoms with E-state index < -0.39 is 0 Å². The minimum atomic E-state index is 0.219. The lowest BCUT2D eigenvalue weighted by molar-refractivity contribution is 0.0929. The minimum absolute atomic E-state index is 0.219. The van der Waals surface area contributed by atoms with Crippen molar-refractivity contribution in [3.8, 4) is 0 Å². The third-order valence-electron chi connectivity index (χ3n) is 3.83. The van der Waals surface area contributed by atoms with Crippen molar-refractivity contribution in [1.82, 2.24) is 0 Å². The lowest BCUT2D eigenvalue weighted by atomic mass is 10.0. The van der Waals surface area contributed by atoms with Gasteiger partial charge in [-0.2, -0.15) is 0 Å². The molecule has 2 atom stereocenters. The Balaban J connectivity index is 2.19. The summed E-state index contributed by atoms with van der Waals surface area (Å²) in [5, 5.41) is 0. The van der Waals surface area contributed by atoms with E-state index >= 15 is 0 Å². The molecule has 2 N–H and O–H groups in total. The molecule has 1 aromatic rings. The fraction of sp³-hybridized carbons (Fsp3) is 0.625. The van der Waals surface area contributed by atoms with E-state index in [2.05, 4.69) is 43.9 Å². The largest absolute Gasteiger partial charge is 0.377 e. The molecule has 1 saturated heterocycles. The molecule has 3 nitrogen and oxygen atoms in total. The van der Waals surface area contributed by atoms with Gasteiger partial charge in [0.1, 0.15) is 0 Å². The van der Waals surface area contributed by atoms with E-state index in [9.17, 15) is 0 Å². The lowest BCUT2D eigenvalue weighted by Gasteiger charge is -2.38. The standard InChI is InChI=1S/C16H26N2O/c1-4-15-11-19-8-7-18(15)16-6-5-14(9-12(16)2)10-13(3)17/h5-6,9,13,15H,4,7-8,10-11,17H2,1-3H3. The summed E-state index contributed by atoms with van der Waals surface area (Å²) < 4.78 is 5.58. The topological polar surface area (TPSA) is 38.5 Å². The predicted molar refractivity (Wildman–Crippen MR) is 80.8 cm³/mol. The quantitative estimate of drug-likeness (QED) is 0.906. The number of hydrogen-bond donors (Lipinski definition) is 1. The zero-order valence-corrected chi connectivity index (χ0v) is 12.4. The van der Waals surface area contributed by atoms with Crippen molar-refractivity contribution in [3.63, 3.8) is 0 Å². The average Bonchev–Trinajstić information content (AvgIpc) is 2.38. The number of ether oxygens (including phenoxy) is 1. The Morgan fingerprint density at radius 1 is 1.47 bits per heavy atom. The van der Waals surface area contributed by atoms with Crippen LogP contribution >= 0.6 is 0 Å². The summed E-state index contributed by atoms with van der Waals surface area (Å²) in [7, 11) is 0. The van der Waals surface area contributed by atoms with Crippen LogP contribution in [0, 0.1) is 6.92 Å². The Hall–Kier alpha value is -1.06. The molecule has 2 unspecified atom stereocenters. The summed E-state index contributed by atoms with van der Waals surface area (Å²) in [4.78, 5) is 2.49. The van der Waals surface area contributed by atoms with Crippen molar-refractivity contribution >= 4 is 5.69 Å². The van der Waals surface area contributed by atoms with Gasteiger partial charge in [-0.05, 0) is 43.9 Å². The van der Waals surface area contributed by atoms with Gasteiger partial charge in [0.05, 0.1) is 19.3 Å². The monoisotopic (exact) mass is 262 g/mol. The second-order valence-corrected chi connectivity index (χ2v) is 5.63. The molecule has 106 valence electrons. The highest BCUT2D eigenvalue weighted by Gasteiger charge is 2.22. The highest BCUT2D eigenvalue weighted by molar-refractivity contribution is 5.55. The van der Waals surface area contributed by atoms with Gasteiger partial charge in [-0.3, -0.25) is 0 Å². The summed E-state index contributed by atoms with van der Waals surface area (Å²) in [5.74, 6) is 0. The minimum Gasteiger partial charge on any atom is -0.377 e. The molecule has 0 saturated carbocycles. The van der Waals surface area contributed by atoms with E-state index in [1.807, 2.05) is 0 Å². The summed E-state index contributed by atoms with van der Waals surface area (Å²) in [6, 6.07) is 7.47. The number of hydrogen-bond acceptors (Lipinski definition) is 3. The van der Waals surface area contributed by atoms with E-state index in [0.717, 1.165) is 32.6 Å². The highest BCUT2D eigenvalue weighted by Crippen LogP contribution is 2.26. The van der Waals surface area contributed by atoms with Crippen molar-refractivity contribution < 1.29 is 4.74 Å². The molecule has 3 heteroatoms. The molecule has 1 fully saturated rings. The van der Waals surface area contributed by atoms with E-state index in [4.69, 9.17) is 10.5 Å². The number of nitrogens with two attached hydrogens (primary N) is 1. The first-order chi connectivity index (χ1) is 9.11. The van der Waals surface area contributed by atoms with E-state index in [1.165, 1.54) is 16.8 Å². The smallest absolute Gasteiger partial charge is 0.0670 e. The van der Waals surface area contributed by atoms with Crippen LogP contribution in [-0.2, 0) is 11.2 Å². The first kappa shape index (κ1) is 14.4. The van der Waals surface area contributed by atoms with E-state index in [-0.39, 0.29) is 6.04 Å². The SMILES string of the molecule is CCC1COCCN1c1ccc(CC(C)N)cc1C. The molecule has 1 aliphatic heterocycles. The van der Waals surface area contributed by atoms with Gasteiger partial charge in [-0.15, -0.1) is 0 Å². The van der Waals surface area contributed by atoms with Gasteiger partial charge in [0.25, 0.3) is 0 Å². The summed E-state index contributed by atoms with van der Waals surface area (Å²) in [6.07, 6.45) is 2.07. The summed E-state index contributed by atoms with van der Waals surface area (Å²) >= 11 is 0. The van der Waals surface area contributed by atoms with Crippen molar-refractivity contribution in [1.29, 1.82) is 0 Å². The van der Waals surface area contributed by atoms with Gasteiger partial charge in [-0.25, -0.2) is 0 Å². The maximum Gasteiger partial charge on any atom is 0.0670 e. The molecule has 0 amide bonds. The Labute approximate surface area is 116 Å². The van der Waals surface area contributed by atoms with Gasteiger partial charge < -0.3 is 15.4 Å². The number of morpholine rings is 1. The molecular formula is C16H26N2O. The molecule has 1 heterocycles. The van der Waals surface area contributed by atoms with Gasteiger partial charge in [0.2, 0.25) is 0 Å². The van der Waals surface area contributed by atoms with Crippen LogP contribution in [0.3, 0.4) is 0 Å². The zero-order valence-electron chi connectivity index (χ0n) is 12.4. The molecule has 1 aromatic carbocycles. The Kier molecular flexibility index (Phi) is 4.83. The van der Waals surface area contributed by atoms with Gasteiger partial charge in [0.15, 0.2) is 0 Å². The second kappa shape index (κ2) is 6.40. The second-order valence-electron chi connectivity index (χ2n) is 5.63. The molecular weight excluding hydrogens is 236 g/mol. The summed E-state index contributed by atoms with van der Waals surface area (Å²) in [6.45, 7) is 9.15. The van der Waals surface area contributed by atoms with Crippen molar-refractivity contribution in [3.05, 3.63) is 29.3 Å². The normalized spacial score (nSPS) is 21.5. The maximum absolute atomic E-state index is 5.87. The van der Waals surface area contributed by atoms with Crippen molar-refractivity contribution in [2.24, 2.45) is 5.73 Å². The Bertz CT molecular complexity index is 417. The molecule has 19 heavy (non-hydrogen) atoms. The summed E-state index contributed by atoms with van der Waals surface area (Å²) in [5.41, 5.74) is 9.90. The molecule has 0 radical (unpaired) electrons. The predicted octanol–water partition coefficient (Wildman–Crippen LogP) is 2.50. The first-order valence-electron chi connectivity index (χ1n) is 7.31. The fourth-order valence-electron chi connectivity index (χ4n) is 2.85. The Morgan fingerprint density at radius 2 is 2.26 bits per heavy atom. The van der Waals surface area contributed by atoms with Crippen LogP contribution in [0.15, 0.2) is 18.2 Å². The van der Waals surface area contributed by atoms with Crippen molar-refractivity contribution in [2.45, 2.75) is 45.7 Å². The van der Waals surface area contributed by atoms with Crippen LogP contribution in [0.4, 0.5) is 5.69 Å². The van der Waals surface area contributed by atoms with Crippen molar-refractivity contribution in [2.75, 3.05) is 24.7 Å². The molecule has 0 aromatic heterocycles. The van der Waals surface area contributed by atoms with E-state index in [1.54, 1.807) is 0 Å². The van der Waals surface area contributed by atoms with Crippen LogP contribution in [0.5, 0.6) is 0 Å². The van der Waals surface area contributed by atoms with Gasteiger partial charge >= 0.3 is 0 Å². The van der Waals surface area contributed by atoms with Crippen LogP contribution in [0.1, 0.15) is 31.4 Å². The molecule has 0 aliphatic carbocycles. The van der Waals surface area contributed by atoms with Gasteiger partial charge in [-0.1, -0.05) is 19.1 Å². The maximum atomic E-state index is 5.87. The third kappa shape index (κ3) is 3.48. The number of anilines is 1. The van der Waals surface area contributed by atoms with Crippen LogP contribution in [0.2, 0.25) is 0 Å².